The van der Waals surface area contributed by atoms with Crippen LogP contribution in [0.5, 0.6) is 0 Å². The second kappa shape index (κ2) is 6.79. The Balaban J connectivity index is 1.85. The molecule has 0 spiro atoms. The fourth-order valence-electron chi connectivity index (χ4n) is 1.21. The Kier molecular flexibility index (Phi) is 5.56. The van der Waals surface area contributed by atoms with E-state index in [2.05, 4.69) is 17.6 Å². The summed E-state index contributed by atoms with van der Waals surface area (Å²) >= 11 is 0. The van der Waals surface area contributed by atoms with Crippen LogP contribution >= 0.6 is 0 Å². The van der Waals surface area contributed by atoms with Crippen molar-refractivity contribution in [2.45, 2.75) is 19.8 Å². The zero-order valence-electron chi connectivity index (χ0n) is 8.84. The van der Waals surface area contributed by atoms with E-state index < -0.39 is 0 Å². The molecule has 0 aromatic carbocycles. The van der Waals surface area contributed by atoms with Crippen LogP contribution in [-0.4, -0.2) is 38.8 Å². The van der Waals surface area contributed by atoms with Crippen LogP contribution in [0.2, 0.25) is 0 Å². The number of rotatable bonds is 7. The van der Waals surface area contributed by atoms with Crippen molar-refractivity contribution in [3.05, 3.63) is 0 Å². The minimum atomic E-state index is 0.155. The number of carbonyl (C=O) groups is 1. The largest absolute Gasteiger partial charge is 0.380 e. The van der Waals surface area contributed by atoms with Gasteiger partial charge in [-0.1, -0.05) is 13.3 Å². The molecular weight excluding hydrogens is 180 g/mol. The number of amides is 1. The Morgan fingerprint density at radius 3 is 2.86 bits per heavy atom. The van der Waals surface area contributed by atoms with E-state index in [0.29, 0.717) is 13.2 Å². The Bertz CT molecular complexity index is 170. The maximum absolute atomic E-state index is 11.3. The Morgan fingerprint density at radius 2 is 2.29 bits per heavy atom. The molecule has 0 saturated carbocycles. The topological polar surface area (TPSA) is 50.4 Å². The number of hydrogen-bond acceptors (Lipinski definition) is 3. The second-order valence-corrected chi connectivity index (χ2v) is 3.61. The average molecular weight is 200 g/mol. The molecule has 1 fully saturated rings. The zero-order chi connectivity index (χ0) is 10.2. The van der Waals surface area contributed by atoms with E-state index in [0.717, 1.165) is 32.5 Å². The maximum Gasteiger partial charge on any atom is 0.225 e. The van der Waals surface area contributed by atoms with Crippen molar-refractivity contribution in [2.75, 3.05) is 32.8 Å². The molecule has 0 aromatic heterocycles. The van der Waals surface area contributed by atoms with Crippen LogP contribution in [0.25, 0.3) is 0 Å². The van der Waals surface area contributed by atoms with Gasteiger partial charge in [-0.3, -0.25) is 4.79 Å². The van der Waals surface area contributed by atoms with Crippen molar-refractivity contribution >= 4 is 5.91 Å². The molecule has 0 bridgehead atoms. The van der Waals surface area contributed by atoms with Crippen molar-refractivity contribution in [3.8, 4) is 0 Å². The van der Waals surface area contributed by atoms with Gasteiger partial charge in [0, 0.05) is 26.2 Å². The number of hydrogen-bond donors (Lipinski definition) is 2. The van der Waals surface area contributed by atoms with Gasteiger partial charge in [0.15, 0.2) is 0 Å². The summed E-state index contributed by atoms with van der Waals surface area (Å²) in [7, 11) is 0. The SMILES string of the molecule is CCCCOCCNC(=O)C1CNC1. The Hall–Kier alpha value is -0.610. The van der Waals surface area contributed by atoms with Crippen molar-refractivity contribution in [2.24, 2.45) is 5.92 Å². The molecule has 0 aliphatic carbocycles. The minimum absolute atomic E-state index is 0.155. The maximum atomic E-state index is 11.3. The first-order valence-electron chi connectivity index (χ1n) is 5.40. The highest BCUT2D eigenvalue weighted by atomic mass is 16.5. The molecule has 2 N–H and O–H groups in total. The fourth-order valence-corrected chi connectivity index (χ4v) is 1.21. The van der Waals surface area contributed by atoms with Gasteiger partial charge in [-0.05, 0) is 6.42 Å². The predicted molar refractivity (Wildman–Crippen MR) is 55.1 cm³/mol. The first kappa shape index (κ1) is 11.5. The van der Waals surface area contributed by atoms with E-state index in [1.807, 2.05) is 0 Å². The van der Waals surface area contributed by atoms with E-state index in [9.17, 15) is 4.79 Å². The smallest absolute Gasteiger partial charge is 0.225 e. The molecule has 14 heavy (non-hydrogen) atoms. The van der Waals surface area contributed by atoms with Gasteiger partial charge in [-0.2, -0.15) is 0 Å². The summed E-state index contributed by atoms with van der Waals surface area (Å²) in [6.07, 6.45) is 2.25. The summed E-state index contributed by atoms with van der Waals surface area (Å²) in [5.74, 6) is 0.341. The monoisotopic (exact) mass is 200 g/mol. The summed E-state index contributed by atoms with van der Waals surface area (Å²) < 4.78 is 5.33. The molecule has 0 aromatic rings. The van der Waals surface area contributed by atoms with Gasteiger partial charge in [0.05, 0.1) is 12.5 Å². The summed E-state index contributed by atoms with van der Waals surface area (Å²) in [5, 5.41) is 5.93. The van der Waals surface area contributed by atoms with Crippen molar-refractivity contribution < 1.29 is 9.53 Å². The van der Waals surface area contributed by atoms with Crippen LogP contribution in [-0.2, 0) is 9.53 Å². The molecule has 1 amide bonds. The van der Waals surface area contributed by atoms with Crippen LogP contribution in [0, 0.1) is 5.92 Å². The van der Waals surface area contributed by atoms with Gasteiger partial charge in [0.2, 0.25) is 5.91 Å². The van der Waals surface area contributed by atoms with Gasteiger partial charge in [-0.15, -0.1) is 0 Å². The minimum Gasteiger partial charge on any atom is -0.380 e. The van der Waals surface area contributed by atoms with Crippen molar-refractivity contribution in [1.29, 1.82) is 0 Å². The quantitative estimate of drug-likeness (QED) is 0.575. The number of nitrogens with one attached hydrogen (secondary N) is 2. The van der Waals surface area contributed by atoms with Crippen LogP contribution < -0.4 is 10.6 Å². The standard InChI is InChI=1S/C10H20N2O2/c1-2-3-5-14-6-4-12-10(13)9-7-11-8-9/h9,11H,2-8H2,1H3,(H,12,13). The third-order valence-electron chi connectivity index (χ3n) is 2.34. The van der Waals surface area contributed by atoms with Crippen LogP contribution in [0.3, 0.4) is 0 Å². The van der Waals surface area contributed by atoms with Gasteiger partial charge in [-0.25, -0.2) is 0 Å². The molecule has 1 aliphatic heterocycles. The summed E-state index contributed by atoms with van der Waals surface area (Å²) in [4.78, 5) is 11.3. The Labute approximate surface area is 85.4 Å². The highest BCUT2D eigenvalue weighted by Gasteiger charge is 2.23. The van der Waals surface area contributed by atoms with E-state index in [1.54, 1.807) is 0 Å². The normalized spacial score (nSPS) is 16.4. The number of unbranched alkanes of at least 4 members (excludes halogenated alkanes) is 1. The van der Waals surface area contributed by atoms with E-state index in [1.165, 1.54) is 0 Å². The predicted octanol–water partition coefficient (Wildman–Crippen LogP) is 0.139. The van der Waals surface area contributed by atoms with E-state index in [-0.39, 0.29) is 11.8 Å². The molecule has 0 atom stereocenters. The third-order valence-corrected chi connectivity index (χ3v) is 2.34. The molecule has 1 heterocycles. The molecule has 1 rings (SSSR count). The lowest BCUT2D eigenvalue weighted by molar-refractivity contribution is -0.126. The number of ether oxygens (including phenoxy) is 1. The third kappa shape index (κ3) is 4.07. The lowest BCUT2D eigenvalue weighted by Crippen LogP contribution is -2.51. The highest BCUT2D eigenvalue weighted by Crippen LogP contribution is 2.01. The molecule has 4 nitrogen and oxygen atoms in total. The fraction of sp³-hybridized carbons (Fsp3) is 0.900. The Morgan fingerprint density at radius 1 is 1.50 bits per heavy atom. The average Bonchev–Trinajstić information content (AvgIpc) is 2.08. The van der Waals surface area contributed by atoms with E-state index in [4.69, 9.17) is 4.74 Å². The molecular formula is C10H20N2O2. The molecule has 1 saturated heterocycles. The molecule has 0 unspecified atom stereocenters. The molecule has 4 heteroatoms. The van der Waals surface area contributed by atoms with Gasteiger partial charge in [0.25, 0.3) is 0 Å². The van der Waals surface area contributed by atoms with Crippen LogP contribution in [0.4, 0.5) is 0 Å². The lowest BCUT2D eigenvalue weighted by Gasteiger charge is -2.25. The van der Waals surface area contributed by atoms with Gasteiger partial charge >= 0.3 is 0 Å². The molecule has 0 radical (unpaired) electrons. The lowest BCUT2D eigenvalue weighted by atomic mass is 10.0. The first-order valence-corrected chi connectivity index (χ1v) is 5.40. The van der Waals surface area contributed by atoms with E-state index >= 15 is 0 Å². The first-order chi connectivity index (χ1) is 6.84. The van der Waals surface area contributed by atoms with Crippen LogP contribution in [0.1, 0.15) is 19.8 Å². The second-order valence-electron chi connectivity index (χ2n) is 3.61. The van der Waals surface area contributed by atoms with Crippen molar-refractivity contribution in [3.63, 3.8) is 0 Å². The summed E-state index contributed by atoms with van der Waals surface area (Å²) in [6, 6.07) is 0. The van der Waals surface area contributed by atoms with Crippen LogP contribution in [0.15, 0.2) is 0 Å². The zero-order valence-corrected chi connectivity index (χ0v) is 8.84. The summed E-state index contributed by atoms with van der Waals surface area (Å²) in [5.41, 5.74) is 0. The molecule has 82 valence electrons. The van der Waals surface area contributed by atoms with Gasteiger partial charge in [0.1, 0.15) is 0 Å². The highest BCUT2D eigenvalue weighted by molar-refractivity contribution is 5.79. The molecule has 1 aliphatic rings. The summed E-state index contributed by atoms with van der Waals surface area (Å²) in [6.45, 7) is 5.85. The number of carbonyl (C=O) groups excluding carboxylic acids is 1. The van der Waals surface area contributed by atoms with Gasteiger partial charge < -0.3 is 15.4 Å². The van der Waals surface area contributed by atoms with Crippen molar-refractivity contribution in [1.82, 2.24) is 10.6 Å².